The van der Waals surface area contributed by atoms with Crippen LogP contribution in [0.1, 0.15) is 12.7 Å². The Bertz CT molecular complexity index is 322. The van der Waals surface area contributed by atoms with Gasteiger partial charge in [0.15, 0.2) is 4.67 Å². The first-order valence-corrected chi connectivity index (χ1v) is 5.04. The third-order valence-electron chi connectivity index (χ3n) is 1.79. The van der Waals surface area contributed by atoms with Gasteiger partial charge in [0.1, 0.15) is 5.76 Å². The van der Waals surface area contributed by atoms with Gasteiger partial charge in [-0.2, -0.15) is 0 Å². The number of carbonyl (C=O) groups excluding carboxylic acids is 1. The van der Waals surface area contributed by atoms with Gasteiger partial charge in [0, 0.05) is 7.05 Å². The molecular formula is C9H13BrN2O2. The molecule has 1 aromatic heterocycles. The van der Waals surface area contributed by atoms with Crippen LogP contribution in [0.2, 0.25) is 0 Å². The van der Waals surface area contributed by atoms with Crippen molar-refractivity contribution in [2.75, 3.05) is 7.05 Å². The first-order chi connectivity index (χ1) is 6.50. The Hall–Kier alpha value is -0.810. The Labute approximate surface area is 91.2 Å². The molecule has 1 rings (SSSR count). The summed E-state index contributed by atoms with van der Waals surface area (Å²) in [6, 6.07) is 3.13. The monoisotopic (exact) mass is 260 g/mol. The largest absolute Gasteiger partial charge is 0.452 e. The minimum atomic E-state index is -0.474. The van der Waals surface area contributed by atoms with Crippen molar-refractivity contribution >= 4 is 21.8 Å². The van der Waals surface area contributed by atoms with E-state index in [1.807, 2.05) is 6.07 Å². The van der Waals surface area contributed by atoms with Crippen molar-refractivity contribution in [2.45, 2.75) is 19.5 Å². The molecule has 0 spiro atoms. The number of rotatable bonds is 3. The van der Waals surface area contributed by atoms with E-state index in [9.17, 15) is 4.79 Å². The standard InChI is InChI=1S/C9H13BrN2O2/c1-6(11)9(13)12(2)5-7-3-4-8(10)14-7/h3-4,6H,5,11H2,1-2H3/t6-/m0/s1. The normalized spacial score (nSPS) is 12.6. The summed E-state index contributed by atoms with van der Waals surface area (Å²) >= 11 is 3.19. The van der Waals surface area contributed by atoms with Gasteiger partial charge in [0.05, 0.1) is 12.6 Å². The fourth-order valence-electron chi connectivity index (χ4n) is 1.10. The van der Waals surface area contributed by atoms with E-state index in [1.165, 1.54) is 4.90 Å². The van der Waals surface area contributed by atoms with E-state index in [4.69, 9.17) is 10.2 Å². The van der Waals surface area contributed by atoms with Gasteiger partial charge in [0.25, 0.3) is 0 Å². The Morgan fingerprint density at radius 1 is 1.71 bits per heavy atom. The van der Waals surface area contributed by atoms with Gasteiger partial charge in [0.2, 0.25) is 5.91 Å². The van der Waals surface area contributed by atoms with Crippen LogP contribution in [-0.4, -0.2) is 23.9 Å². The molecule has 0 aliphatic heterocycles. The summed E-state index contributed by atoms with van der Waals surface area (Å²) in [6.07, 6.45) is 0. The van der Waals surface area contributed by atoms with Crippen LogP contribution in [0.3, 0.4) is 0 Å². The zero-order valence-electron chi connectivity index (χ0n) is 8.16. The number of nitrogens with zero attached hydrogens (tertiary/aromatic N) is 1. The summed E-state index contributed by atoms with van der Waals surface area (Å²) in [6.45, 7) is 2.10. The third kappa shape index (κ3) is 2.85. The minimum Gasteiger partial charge on any atom is -0.452 e. The van der Waals surface area contributed by atoms with Crippen LogP contribution in [0, 0.1) is 0 Å². The van der Waals surface area contributed by atoms with Gasteiger partial charge in [-0.3, -0.25) is 4.79 Å². The molecule has 0 radical (unpaired) electrons. The Morgan fingerprint density at radius 2 is 2.36 bits per heavy atom. The van der Waals surface area contributed by atoms with E-state index in [-0.39, 0.29) is 5.91 Å². The van der Waals surface area contributed by atoms with Gasteiger partial charge in [-0.1, -0.05) is 0 Å². The number of hydrogen-bond donors (Lipinski definition) is 1. The molecule has 0 aliphatic carbocycles. The van der Waals surface area contributed by atoms with Crippen LogP contribution < -0.4 is 5.73 Å². The summed E-state index contributed by atoms with van der Waals surface area (Å²) < 4.78 is 5.93. The smallest absolute Gasteiger partial charge is 0.239 e. The van der Waals surface area contributed by atoms with Gasteiger partial charge in [-0.25, -0.2) is 0 Å². The predicted molar refractivity (Wildman–Crippen MR) is 56.5 cm³/mol. The highest BCUT2D eigenvalue weighted by atomic mass is 79.9. The highest BCUT2D eigenvalue weighted by Crippen LogP contribution is 2.15. The molecule has 1 heterocycles. The molecule has 0 unspecified atom stereocenters. The van der Waals surface area contributed by atoms with Crippen molar-refractivity contribution in [1.82, 2.24) is 4.90 Å². The molecule has 1 amide bonds. The van der Waals surface area contributed by atoms with Gasteiger partial charge >= 0.3 is 0 Å². The van der Waals surface area contributed by atoms with E-state index in [1.54, 1.807) is 20.0 Å². The van der Waals surface area contributed by atoms with Crippen LogP contribution in [0.25, 0.3) is 0 Å². The fraction of sp³-hybridized carbons (Fsp3) is 0.444. The lowest BCUT2D eigenvalue weighted by molar-refractivity contribution is -0.131. The number of amides is 1. The van der Waals surface area contributed by atoms with E-state index in [0.717, 1.165) is 5.76 Å². The Balaban J connectivity index is 2.57. The van der Waals surface area contributed by atoms with Crippen molar-refractivity contribution in [2.24, 2.45) is 5.73 Å². The summed E-state index contributed by atoms with van der Waals surface area (Å²) in [4.78, 5) is 12.9. The second kappa shape index (κ2) is 4.61. The zero-order valence-corrected chi connectivity index (χ0v) is 9.74. The SMILES string of the molecule is C[C@H](N)C(=O)N(C)Cc1ccc(Br)o1. The van der Waals surface area contributed by atoms with Crippen LogP contribution in [0.15, 0.2) is 21.2 Å². The highest BCUT2D eigenvalue weighted by molar-refractivity contribution is 9.10. The summed E-state index contributed by atoms with van der Waals surface area (Å²) in [7, 11) is 1.70. The molecule has 0 bridgehead atoms. The average molecular weight is 261 g/mol. The van der Waals surface area contributed by atoms with Crippen LogP contribution in [-0.2, 0) is 11.3 Å². The minimum absolute atomic E-state index is 0.0995. The van der Waals surface area contributed by atoms with Crippen molar-refractivity contribution in [3.63, 3.8) is 0 Å². The lowest BCUT2D eigenvalue weighted by atomic mass is 10.3. The molecule has 0 fully saturated rings. The number of hydrogen-bond acceptors (Lipinski definition) is 3. The van der Waals surface area contributed by atoms with E-state index >= 15 is 0 Å². The third-order valence-corrected chi connectivity index (χ3v) is 2.21. The van der Waals surface area contributed by atoms with Gasteiger partial charge in [-0.15, -0.1) is 0 Å². The number of nitrogens with two attached hydrogens (primary N) is 1. The van der Waals surface area contributed by atoms with Crippen LogP contribution in [0.4, 0.5) is 0 Å². The molecular weight excluding hydrogens is 248 g/mol. The number of carbonyl (C=O) groups is 1. The first kappa shape index (κ1) is 11.3. The summed E-state index contributed by atoms with van der Waals surface area (Å²) in [5.74, 6) is 0.630. The maximum Gasteiger partial charge on any atom is 0.239 e. The second-order valence-corrected chi connectivity index (χ2v) is 3.97. The summed E-state index contributed by atoms with van der Waals surface area (Å²) in [5.41, 5.74) is 5.46. The average Bonchev–Trinajstić information content (AvgIpc) is 2.49. The quantitative estimate of drug-likeness (QED) is 0.893. The lowest BCUT2D eigenvalue weighted by Gasteiger charge is -2.17. The molecule has 14 heavy (non-hydrogen) atoms. The molecule has 0 aliphatic rings. The number of halogens is 1. The molecule has 0 aromatic carbocycles. The molecule has 1 aromatic rings. The number of furan rings is 1. The van der Waals surface area contributed by atoms with Crippen LogP contribution in [0.5, 0.6) is 0 Å². The molecule has 4 nitrogen and oxygen atoms in total. The predicted octanol–water partition coefficient (Wildman–Crippen LogP) is 1.35. The van der Waals surface area contributed by atoms with E-state index in [2.05, 4.69) is 15.9 Å². The highest BCUT2D eigenvalue weighted by Gasteiger charge is 2.14. The lowest BCUT2D eigenvalue weighted by Crippen LogP contribution is -2.39. The summed E-state index contributed by atoms with van der Waals surface area (Å²) in [5, 5.41) is 0. The number of likely N-dealkylation sites (N-methyl/N-ethyl adjacent to an activating group) is 1. The first-order valence-electron chi connectivity index (χ1n) is 4.25. The maximum absolute atomic E-state index is 11.4. The molecule has 2 N–H and O–H groups in total. The molecule has 0 saturated heterocycles. The topological polar surface area (TPSA) is 59.5 Å². The Morgan fingerprint density at radius 3 is 2.79 bits per heavy atom. The molecule has 0 saturated carbocycles. The van der Waals surface area contributed by atoms with Crippen molar-refractivity contribution in [3.8, 4) is 0 Å². The van der Waals surface area contributed by atoms with E-state index in [0.29, 0.717) is 11.2 Å². The Kier molecular flexibility index (Phi) is 3.71. The van der Waals surface area contributed by atoms with E-state index < -0.39 is 6.04 Å². The molecule has 78 valence electrons. The second-order valence-electron chi connectivity index (χ2n) is 3.19. The van der Waals surface area contributed by atoms with Crippen LogP contribution >= 0.6 is 15.9 Å². The van der Waals surface area contributed by atoms with Crippen molar-refractivity contribution in [3.05, 3.63) is 22.6 Å². The fourth-order valence-corrected chi connectivity index (χ4v) is 1.44. The molecule has 1 atom stereocenters. The van der Waals surface area contributed by atoms with Crippen molar-refractivity contribution < 1.29 is 9.21 Å². The van der Waals surface area contributed by atoms with Crippen molar-refractivity contribution in [1.29, 1.82) is 0 Å². The van der Waals surface area contributed by atoms with Gasteiger partial charge < -0.3 is 15.1 Å². The maximum atomic E-state index is 11.4. The molecule has 5 heteroatoms. The zero-order chi connectivity index (χ0) is 10.7. The van der Waals surface area contributed by atoms with Gasteiger partial charge in [-0.05, 0) is 35.0 Å².